The maximum atomic E-state index is 13.3. The average molecular weight is 388 g/mol. The number of carbonyl (C=O) groups excluding carboxylic acids is 1. The van der Waals surface area contributed by atoms with Gasteiger partial charge in [0.05, 0.1) is 5.52 Å². The summed E-state index contributed by atoms with van der Waals surface area (Å²) in [5.41, 5.74) is 1.36. The fourth-order valence-electron chi connectivity index (χ4n) is 3.87. The highest BCUT2D eigenvalue weighted by atomic mass is 35.5. The van der Waals surface area contributed by atoms with Crippen LogP contribution in [0.4, 0.5) is 5.69 Å². The maximum absolute atomic E-state index is 13.3. The highest BCUT2D eigenvalue weighted by Gasteiger charge is 2.42. The normalized spacial score (nSPS) is 16.0. The highest BCUT2D eigenvalue weighted by Crippen LogP contribution is 2.29. The number of nitrogens with one attached hydrogen (secondary N) is 2. The van der Waals surface area contributed by atoms with Crippen molar-refractivity contribution in [1.82, 2.24) is 19.7 Å². The molecule has 1 fully saturated rings. The first-order chi connectivity index (χ1) is 12.7. The van der Waals surface area contributed by atoms with E-state index in [2.05, 4.69) is 51.6 Å². The summed E-state index contributed by atoms with van der Waals surface area (Å²) < 4.78 is 4.06. The van der Waals surface area contributed by atoms with Gasteiger partial charge in [0.25, 0.3) is 5.91 Å². The van der Waals surface area contributed by atoms with Crippen LogP contribution in [0.25, 0.3) is 10.9 Å². The molecule has 1 aliphatic rings. The van der Waals surface area contributed by atoms with Gasteiger partial charge in [-0.05, 0) is 62.0 Å². The lowest BCUT2D eigenvalue weighted by Gasteiger charge is -2.36. The molecule has 27 heavy (non-hydrogen) atoms. The van der Waals surface area contributed by atoms with Gasteiger partial charge in [0.1, 0.15) is 5.54 Å². The van der Waals surface area contributed by atoms with Gasteiger partial charge in [-0.2, -0.15) is 5.10 Å². The van der Waals surface area contributed by atoms with E-state index in [-0.39, 0.29) is 18.3 Å². The van der Waals surface area contributed by atoms with Crippen molar-refractivity contribution in [3.8, 4) is 0 Å². The molecule has 0 saturated carbocycles. The molecule has 3 aromatic rings. The van der Waals surface area contributed by atoms with Crippen molar-refractivity contribution >= 4 is 34.9 Å². The lowest BCUT2D eigenvalue weighted by molar-refractivity contribution is -0.126. The average Bonchev–Trinajstić information content (AvgIpc) is 3.33. The summed E-state index contributed by atoms with van der Waals surface area (Å²) in [6, 6.07) is 10.1. The van der Waals surface area contributed by atoms with Gasteiger partial charge in [0, 0.05) is 30.8 Å². The topological polar surface area (TPSA) is 63.9 Å². The van der Waals surface area contributed by atoms with Gasteiger partial charge in [0.15, 0.2) is 0 Å². The number of rotatable bonds is 5. The van der Waals surface area contributed by atoms with E-state index in [1.807, 2.05) is 23.0 Å². The van der Waals surface area contributed by atoms with E-state index in [0.29, 0.717) is 0 Å². The highest BCUT2D eigenvalue weighted by molar-refractivity contribution is 5.98. The molecule has 0 radical (unpaired) electrons. The van der Waals surface area contributed by atoms with Crippen molar-refractivity contribution in [2.45, 2.75) is 38.3 Å². The SMILES string of the molecule is CCCn1ccc2ccc(NC(=O)C3(n4cccn4)CCNCC3)cc21.Cl. The molecule has 1 aliphatic heterocycles. The summed E-state index contributed by atoms with van der Waals surface area (Å²) in [5, 5.41) is 12.1. The Morgan fingerprint density at radius 3 is 2.78 bits per heavy atom. The molecular weight excluding hydrogens is 362 g/mol. The molecule has 0 aliphatic carbocycles. The number of fused-ring (bicyclic) bond motifs is 1. The van der Waals surface area contributed by atoms with Crippen LogP contribution in [0.5, 0.6) is 0 Å². The minimum Gasteiger partial charge on any atom is -0.347 e. The summed E-state index contributed by atoms with van der Waals surface area (Å²) in [5.74, 6) is 0.00986. The molecule has 1 amide bonds. The summed E-state index contributed by atoms with van der Waals surface area (Å²) in [4.78, 5) is 13.3. The molecule has 1 aromatic carbocycles. The Bertz CT molecular complexity index is 896. The summed E-state index contributed by atoms with van der Waals surface area (Å²) >= 11 is 0. The van der Waals surface area contributed by atoms with Crippen LogP contribution in [0.3, 0.4) is 0 Å². The zero-order valence-electron chi connectivity index (χ0n) is 15.5. The lowest BCUT2D eigenvalue weighted by Crippen LogP contribution is -2.52. The number of hydrogen-bond acceptors (Lipinski definition) is 3. The van der Waals surface area contributed by atoms with Crippen LogP contribution in [0, 0.1) is 0 Å². The van der Waals surface area contributed by atoms with Crippen molar-refractivity contribution < 1.29 is 4.79 Å². The Morgan fingerprint density at radius 1 is 1.26 bits per heavy atom. The van der Waals surface area contributed by atoms with Crippen molar-refractivity contribution in [2.24, 2.45) is 0 Å². The van der Waals surface area contributed by atoms with Crippen molar-refractivity contribution in [3.63, 3.8) is 0 Å². The lowest BCUT2D eigenvalue weighted by atomic mass is 9.87. The molecule has 0 atom stereocenters. The van der Waals surface area contributed by atoms with Crippen molar-refractivity contribution in [2.75, 3.05) is 18.4 Å². The Kier molecular flexibility index (Phi) is 5.87. The van der Waals surface area contributed by atoms with Gasteiger partial charge in [-0.1, -0.05) is 13.0 Å². The van der Waals surface area contributed by atoms with Crippen molar-refractivity contribution in [3.05, 3.63) is 48.9 Å². The molecular formula is C20H26ClN5O. The number of benzene rings is 1. The third-order valence-corrected chi connectivity index (χ3v) is 5.29. The minimum absolute atomic E-state index is 0. The largest absolute Gasteiger partial charge is 0.347 e. The van der Waals surface area contributed by atoms with Crippen LogP contribution >= 0.6 is 12.4 Å². The number of halogens is 1. The van der Waals surface area contributed by atoms with Gasteiger partial charge >= 0.3 is 0 Å². The zero-order valence-corrected chi connectivity index (χ0v) is 16.3. The molecule has 2 aromatic heterocycles. The molecule has 4 rings (SSSR count). The van der Waals surface area contributed by atoms with E-state index in [1.165, 1.54) is 5.39 Å². The van der Waals surface area contributed by atoms with Crippen molar-refractivity contribution in [1.29, 1.82) is 0 Å². The van der Waals surface area contributed by atoms with E-state index in [0.717, 1.165) is 50.1 Å². The Labute approximate surface area is 165 Å². The standard InChI is InChI=1S/C20H25N5O.ClH/c1-2-12-24-14-6-16-4-5-17(15-18(16)24)23-19(26)20(7-10-21-11-8-20)25-13-3-9-22-25;/h3-6,9,13-15,21H,2,7-8,10-12H2,1H3,(H,23,26);1H. The molecule has 7 heteroatoms. The predicted octanol–water partition coefficient (Wildman–Crippen LogP) is 3.39. The number of piperidine rings is 1. The number of aromatic nitrogens is 3. The van der Waals surface area contributed by atoms with Gasteiger partial charge in [-0.15, -0.1) is 12.4 Å². The van der Waals surface area contributed by atoms with Crippen LogP contribution in [0.1, 0.15) is 26.2 Å². The second-order valence-electron chi connectivity index (χ2n) is 6.97. The van der Waals surface area contributed by atoms with Crippen LogP contribution in [-0.4, -0.2) is 33.3 Å². The maximum Gasteiger partial charge on any atom is 0.252 e. The van der Waals surface area contributed by atoms with E-state index < -0.39 is 5.54 Å². The second-order valence-corrected chi connectivity index (χ2v) is 6.97. The zero-order chi connectivity index (χ0) is 18.0. The summed E-state index contributed by atoms with van der Waals surface area (Å²) in [6.45, 7) is 4.77. The third kappa shape index (κ3) is 3.59. The smallest absolute Gasteiger partial charge is 0.252 e. The van der Waals surface area contributed by atoms with Crippen LogP contribution < -0.4 is 10.6 Å². The molecule has 0 bridgehead atoms. The van der Waals surface area contributed by atoms with Crippen LogP contribution in [0.15, 0.2) is 48.9 Å². The Balaban J connectivity index is 0.00000210. The number of carbonyl (C=O) groups is 1. The summed E-state index contributed by atoms with van der Waals surface area (Å²) in [6.07, 6.45) is 8.28. The molecule has 3 heterocycles. The summed E-state index contributed by atoms with van der Waals surface area (Å²) in [7, 11) is 0. The Hall–Kier alpha value is -2.31. The quantitative estimate of drug-likeness (QED) is 0.705. The second kappa shape index (κ2) is 8.15. The van der Waals surface area contributed by atoms with E-state index in [4.69, 9.17) is 0 Å². The molecule has 2 N–H and O–H groups in total. The van der Waals surface area contributed by atoms with Gasteiger partial charge in [0.2, 0.25) is 0 Å². The first-order valence-corrected chi connectivity index (χ1v) is 9.34. The fraction of sp³-hybridized carbons (Fsp3) is 0.400. The van der Waals surface area contributed by atoms with E-state index in [9.17, 15) is 4.79 Å². The van der Waals surface area contributed by atoms with E-state index >= 15 is 0 Å². The first-order valence-electron chi connectivity index (χ1n) is 9.34. The Morgan fingerprint density at radius 2 is 2.07 bits per heavy atom. The number of anilines is 1. The number of amides is 1. The van der Waals surface area contributed by atoms with Gasteiger partial charge < -0.3 is 15.2 Å². The molecule has 1 saturated heterocycles. The van der Waals surface area contributed by atoms with Gasteiger partial charge in [-0.3, -0.25) is 9.48 Å². The van der Waals surface area contributed by atoms with Gasteiger partial charge in [-0.25, -0.2) is 0 Å². The molecule has 6 nitrogen and oxygen atoms in total. The first kappa shape index (κ1) is 19.5. The number of nitrogens with zero attached hydrogens (tertiary/aromatic N) is 3. The molecule has 0 spiro atoms. The number of hydrogen-bond donors (Lipinski definition) is 2. The molecule has 0 unspecified atom stereocenters. The van der Waals surface area contributed by atoms with E-state index in [1.54, 1.807) is 6.20 Å². The van der Waals surface area contributed by atoms with Crippen LogP contribution in [0.2, 0.25) is 0 Å². The number of aryl methyl sites for hydroxylation is 1. The monoisotopic (exact) mass is 387 g/mol. The van der Waals surface area contributed by atoms with Crippen LogP contribution in [-0.2, 0) is 16.9 Å². The predicted molar refractivity (Wildman–Crippen MR) is 110 cm³/mol. The fourth-order valence-corrected chi connectivity index (χ4v) is 3.87. The third-order valence-electron chi connectivity index (χ3n) is 5.29. The minimum atomic E-state index is -0.630. The molecule has 144 valence electrons.